The molecule has 0 bridgehead atoms. The van der Waals surface area contributed by atoms with Crippen LogP contribution < -0.4 is 5.32 Å². The number of hydrogen-bond donors (Lipinski definition) is 1. The molecule has 1 amide bonds. The van der Waals surface area contributed by atoms with Crippen molar-refractivity contribution in [1.82, 2.24) is 15.1 Å². The summed E-state index contributed by atoms with van der Waals surface area (Å²) in [6.07, 6.45) is 5.35. The van der Waals surface area contributed by atoms with Crippen LogP contribution >= 0.6 is 0 Å². The van der Waals surface area contributed by atoms with E-state index in [4.69, 9.17) is 0 Å². The third kappa shape index (κ3) is 5.02. The van der Waals surface area contributed by atoms with Crippen molar-refractivity contribution in [2.75, 3.05) is 0 Å². The third-order valence-electron chi connectivity index (χ3n) is 6.50. The van der Waals surface area contributed by atoms with E-state index in [1.807, 2.05) is 0 Å². The zero-order valence-corrected chi connectivity index (χ0v) is 17.7. The van der Waals surface area contributed by atoms with E-state index in [1.165, 1.54) is 6.92 Å². The number of ketones is 3. The highest BCUT2D eigenvalue weighted by atomic mass is 19.1. The van der Waals surface area contributed by atoms with E-state index in [0.29, 0.717) is 31.4 Å². The maximum absolute atomic E-state index is 15.0. The highest BCUT2D eigenvalue weighted by Crippen LogP contribution is 2.46. The largest absolute Gasteiger partial charge is 0.346 e. The predicted octanol–water partition coefficient (Wildman–Crippen LogP) is 2.41. The Morgan fingerprint density at radius 1 is 1.17 bits per heavy atom. The number of carbonyl (C=O) groups is 4. The van der Waals surface area contributed by atoms with Crippen LogP contribution in [0.1, 0.15) is 70.4 Å². The topological polar surface area (TPSA) is 98.1 Å². The molecule has 1 heterocycles. The number of hydrogen-bond acceptors (Lipinski definition) is 5. The van der Waals surface area contributed by atoms with E-state index in [1.54, 1.807) is 24.0 Å². The molecule has 0 aliphatic heterocycles. The van der Waals surface area contributed by atoms with Gasteiger partial charge < -0.3 is 5.32 Å². The quantitative estimate of drug-likeness (QED) is 0.587. The molecule has 1 N–H and O–H groups in total. The van der Waals surface area contributed by atoms with Crippen molar-refractivity contribution in [2.45, 2.75) is 82.8 Å². The van der Waals surface area contributed by atoms with Gasteiger partial charge in [-0.1, -0.05) is 19.3 Å². The lowest BCUT2D eigenvalue weighted by Crippen LogP contribution is -2.50. The molecule has 0 unspecified atom stereocenters. The third-order valence-corrected chi connectivity index (χ3v) is 6.50. The number of nitrogens with zero attached hydrogens (tertiary/aromatic N) is 2. The summed E-state index contributed by atoms with van der Waals surface area (Å²) in [7, 11) is 1.73. The SMILES string of the molecule is CC(=O)N[C@@H](CC1(F)CCCC1)C(=O)CC1(C(=O)C(=O)Cc2ccn(C)n2)CCC1. The lowest BCUT2D eigenvalue weighted by Gasteiger charge is -2.40. The molecule has 1 aromatic heterocycles. The molecule has 2 saturated carbocycles. The predicted molar refractivity (Wildman–Crippen MR) is 107 cm³/mol. The highest BCUT2D eigenvalue weighted by Gasteiger charge is 2.49. The minimum atomic E-state index is -1.46. The van der Waals surface area contributed by atoms with Gasteiger partial charge in [0.25, 0.3) is 0 Å². The molecule has 7 nitrogen and oxygen atoms in total. The molecule has 0 spiro atoms. The number of Topliss-reactive ketones (excluding diaryl/α,β-unsaturated/α-hetero) is 3. The summed E-state index contributed by atoms with van der Waals surface area (Å²) in [6.45, 7) is 1.29. The van der Waals surface area contributed by atoms with Gasteiger partial charge in [0.1, 0.15) is 5.67 Å². The first-order valence-electron chi connectivity index (χ1n) is 10.7. The standard InChI is InChI=1S/C22H30FN3O4/c1-15(27)24-17(13-22(23)9-3-4-10-22)19(29)14-21(7-5-8-21)20(30)18(28)12-16-6-11-26(2)25-16/h6,11,17H,3-5,7-10,12-14H2,1-2H3,(H,24,27)/t17-/m0/s1. The molecule has 0 aromatic carbocycles. The fraction of sp³-hybridized carbons (Fsp3) is 0.682. The van der Waals surface area contributed by atoms with E-state index < -0.39 is 34.6 Å². The zero-order chi connectivity index (χ0) is 21.9. The second-order valence-electron chi connectivity index (χ2n) is 9.00. The molecule has 3 rings (SSSR count). The minimum Gasteiger partial charge on any atom is -0.346 e. The summed E-state index contributed by atoms with van der Waals surface area (Å²) in [5, 5.41) is 6.71. The number of alkyl halides is 1. The molecule has 164 valence electrons. The molecule has 8 heteroatoms. The summed E-state index contributed by atoms with van der Waals surface area (Å²) in [5.74, 6) is -1.89. The van der Waals surface area contributed by atoms with Gasteiger partial charge in [0.2, 0.25) is 17.5 Å². The van der Waals surface area contributed by atoms with Gasteiger partial charge in [0, 0.05) is 38.4 Å². The summed E-state index contributed by atoms with van der Waals surface area (Å²) in [5.41, 5.74) is -1.99. The maximum Gasteiger partial charge on any atom is 0.217 e. The smallest absolute Gasteiger partial charge is 0.217 e. The number of halogens is 1. The minimum absolute atomic E-state index is 0.0719. The molecule has 0 radical (unpaired) electrons. The maximum atomic E-state index is 15.0. The molecule has 30 heavy (non-hydrogen) atoms. The molecule has 0 saturated heterocycles. The molecule has 2 aliphatic carbocycles. The van der Waals surface area contributed by atoms with Crippen LogP contribution in [0.3, 0.4) is 0 Å². The Bertz CT molecular complexity index is 837. The van der Waals surface area contributed by atoms with E-state index in [2.05, 4.69) is 10.4 Å². The van der Waals surface area contributed by atoms with Crippen LogP contribution in [0.15, 0.2) is 12.3 Å². The Morgan fingerprint density at radius 2 is 1.83 bits per heavy atom. The molecule has 2 aliphatic rings. The van der Waals surface area contributed by atoms with Crippen LogP contribution in [0.5, 0.6) is 0 Å². The molecule has 2 fully saturated rings. The van der Waals surface area contributed by atoms with Gasteiger partial charge in [-0.2, -0.15) is 5.10 Å². The van der Waals surface area contributed by atoms with Crippen molar-refractivity contribution in [3.8, 4) is 0 Å². The number of aromatic nitrogens is 2. The number of amides is 1. The van der Waals surface area contributed by atoms with E-state index >= 15 is 0 Å². The fourth-order valence-corrected chi connectivity index (χ4v) is 4.71. The number of carbonyl (C=O) groups excluding carboxylic acids is 4. The Hall–Kier alpha value is -2.38. The van der Waals surface area contributed by atoms with Crippen LogP contribution in [0.25, 0.3) is 0 Å². The normalized spacial score (nSPS) is 20.2. The Labute approximate surface area is 175 Å². The van der Waals surface area contributed by atoms with Crippen molar-refractivity contribution >= 4 is 23.3 Å². The average molecular weight is 419 g/mol. The lowest BCUT2D eigenvalue weighted by molar-refractivity contribution is -0.148. The van der Waals surface area contributed by atoms with Gasteiger partial charge in [-0.3, -0.25) is 23.9 Å². The monoisotopic (exact) mass is 419 g/mol. The molecular weight excluding hydrogens is 389 g/mol. The van der Waals surface area contributed by atoms with Gasteiger partial charge in [-0.05, 0) is 31.7 Å². The number of nitrogens with one attached hydrogen (secondary N) is 1. The van der Waals surface area contributed by atoms with Crippen LogP contribution in [0, 0.1) is 5.41 Å². The Kier molecular flexibility index (Phi) is 6.53. The summed E-state index contributed by atoms with van der Waals surface area (Å²) >= 11 is 0. The van der Waals surface area contributed by atoms with Crippen molar-refractivity contribution in [3.63, 3.8) is 0 Å². The summed E-state index contributed by atoms with van der Waals surface area (Å²) in [4.78, 5) is 50.2. The van der Waals surface area contributed by atoms with Gasteiger partial charge in [0.15, 0.2) is 5.78 Å². The summed E-state index contributed by atoms with van der Waals surface area (Å²) in [6, 6.07) is 0.709. The average Bonchev–Trinajstić information content (AvgIpc) is 3.24. The van der Waals surface area contributed by atoms with Crippen LogP contribution in [0.4, 0.5) is 4.39 Å². The lowest BCUT2D eigenvalue weighted by atomic mass is 9.61. The number of aryl methyl sites for hydroxylation is 1. The molecular formula is C22H30FN3O4. The highest BCUT2D eigenvalue weighted by molar-refractivity contribution is 6.40. The van der Waals surface area contributed by atoms with Gasteiger partial charge in [-0.15, -0.1) is 0 Å². The first-order chi connectivity index (χ1) is 14.1. The van der Waals surface area contributed by atoms with E-state index in [9.17, 15) is 23.6 Å². The molecule has 1 atom stereocenters. The Balaban J connectivity index is 1.69. The van der Waals surface area contributed by atoms with E-state index in [0.717, 1.165) is 19.3 Å². The fourth-order valence-electron chi connectivity index (χ4n) is 4.71. The second-order valence-corrected chi connectivity index (χ2v) is 9.00. The second kappa shape index (κ2) is 8.78. The molecule has 1 aromatic rings. The first-order valence-corrected chi connectivity index (χ1v) is 10.7. The van der Waals surface area contributed by atoms with Crippen molar-refractivity contribution in [3.05, 3.63) is 18.0 Å². The van der Waals surface area contributed by atoms with Crippen LogP contribution in [0.2, 0.25) is 0 Å². The van der Waals surface area contributed by atoms with Crippen molar-refractivity contribution in [1.29, 1.82) is 0 Å². The first kappa shape index (κ1) is 22.3. The van der Waals surface area contributed by atoms with Gasteiger partial charge >= 0.3 is 0 Å². The number of rotatable bonds is 10. The van der Waals surface area contributed by atoms with E-state index in [-0.39, 0.29) is 25.0 Å². The van der Waals surface area contributed by atoms with Gasteiger partial charge in [-0.25, -0.2) is 4.39 Å². The zero-order valence-electron chi connectivity index (χ0n) is 17.7. The van der Waals surface area contributed by atoms with Crippen molar-refractivity contribution in [2.24, 2.45) is 12.5 Å². The summed E-state index contributed by atoms with van der Waals surface area (Å²) < 4.78 is 16.6. The Morgan fingerprint density at radius 3 is 2.33 bits per heavy atom. The van der Waals surface area contributed by atoms with Gasteiger partial charge in [0.05, 0.1) is 18.2 Å². The van der Waals surface area contributed by atoms with Crippen molar-refractivity contribution < 1.29 is 23.6 Å². The van der Waals surface area contributed by atoms with Crippen LogP contribution in [-0.4, -0.2) is 44.7 Å². The van der Waals surface area contributed by atoms with Crippen LogP contribution in [-0.2, 0) is 32.6 Å².